The zero-order valence-corrected chi connectivity index (χ0v) is 16.2. The molecule has 0 saturated carbocycles. The van der Waals surface area contributed by atoms with E-state index in [-0.39, 0.29) is 34.4 Å². The second-order valence-corrected chi connectivity index (χ2v) is 7.22. The predicted molar refractivity (Wildman–Crippen MR) is 106 cm³/mol. The zero-order chi connectivity index (χ0) is 20.5. The van der Waals surface area contributed by atoms with Crippen LogP contribution in [0.25, 0.3) is 11.1 Å². The van der Waals surface area contributed by atoms with Crippen LogP contribution >= 0.6 is 0 Å². The molecule has 150 valence electrons. The van der Waals surface area contributed by atoms with E-state index in [2.05, 4.69) is 20.3 Å². The number of hydrogen-bond acceptors (Lipinski definition) is 6. The summed E-state index contributed by atoms with van der Waals surface area (Å²) in [7, 11) is 0. The molecule has 0 aromatic carbocycles. The summed E-state index contributed by atoms with van der Waals surface area (Å²) in [6.07, 6.45) is 4.01. The lowest BCUT2D eigenvalue weighted by Gasteiger charge is -2.31. The Balaban J connectivity index is 1.44. The summed E-state index contributed by atoms with van der Waals surface area (Å²) in [6.45, 7) is 4.41. The van der Waals surface area contributed by atoms with Gasteiger partial charge in [0.15, 0.2) is 0 Å². The molecule has 1 aliphatic rings. The first-order valence-electron chi connectivity index (χ1n) is 9.43. The van der Waals surface area contributed by atoms with Crippen LogP contribution < -0.4 is 10.9 Å². The van der Waals surface area contributed by atoms with Crippen LogP contribution in [0.3, 0.4) is 0 Å². The van der Waals surface area contributed by atoms with Gasteiger partial charge in [0.05, 0.1) is 11.9 Å². The first-order chi connectivity index (χ1) is 13.9. The third kappa shape index (κ3) is 3.63. The Morgan fingerprint density at radius 1 is 1.21 bits per heavy atom. The standard InChI is InChI=1S/C20H21N5O4/c1-11-3-4-14(21-9-11)24-17(26)13-5-7-25(8-6-13)20(28)15-12(2)29-19-16(15)18(27)22-10-23-19/h3-4,9-10,13H,5-8H2,1-2H3,(H,21,24,26)(H,22,23,27). The van der Waals surface area contributed by atoms with Gasteiger partial charge in [-0.2, -0.15) is 0 Å². The number of anilines is 1. The van der Waals surface area contributed by atoms with E-state index in [1.165, 1.54) is 6.33 Å². The smallest absolute Gasteiger partial charge is 0.262 e. The molecule has 1 fully saturated rings. The van der Waals surface area contributed by atoms with Crippen LogP contribution in [0.1, 0.15) is 34.5 Å². The number of aromatic amines is 1. The normalized spacial score (nSPS) is 14.9. The number of nitrogens with one attached hydrogen (secondary N) is 2. The Kier molecular flexibility index (Phi) is 4.87. The number of carbonyl (C=O) groups excluding carboxylic acids is 2. The van der Waals surface area contributed by atoms with Crippen molar-refractivity contribution < 1.29 is 14.0 Å². The van der Waals surface area contributed by atoms with Gasteiger partial charge in [0, 0.05) is 25.2 Å². The van der Waals surface area contributed by atoms with E-state index < -0.39 is 5.56 Å². The van der Waals surface area contributed by atoms with Crippen molar-refractivity contribution in [2.75, 3.05) is 18.4 Å². The lowest BCUT2D eigenvalue weighted by Crippen LogP contribution is -2.41. The van der Waals surface area contributed by atoms with Crippen molar-refractivity contribution in [3.63, 3.8) is 0 Å². The van der Waals surface area contributed by atoms with Crippen molar-refractivity contribution in [3.05, 3.63) is 51.9 Å². The number of pyridine rings is 1. The van der Waals surface area contributed by atoms with Crippen molar-refractivity contribution in [1.82, 2.24) is 19.9 Å². The third-order valence-electron chi connectivity index (χ3n) is 5.20. The van der Waals surface area contributed by atoms with Crippen LogP contribution in [0.2, 0.25) is 0 Å². The quantitative estimate of drug-likeness (QED) is 0.700. The number of aromatic nitrogens is 3. The van der Waals surface area contributed by atoms with Gasteiger partial charge in [0.1, 0.15) is 17.0 Å². The second-order valence-electron chi connectivity index (χ2n) is 7.22. The molecule has 1 aliphatic heterocycles. The Labute approximate surface area is 166 Å². The van der Waals surface area contributed by atoms with E-state index in [9.17, 15) is 14.4 Å². The number of nitrogens with zero attached hydrogens (tertiary/aromatic N) is 3. The first-order valence-corrected chi connectivity index (χ1v) is 9.43. The summed E-state index contributed by atoms with van der Waals surface area (Å²) in [6, 6.07) is 3.66. The van der Waals surface area contributed by atoms with Gasteiger partial charge in [-0.25, -0.2) is 9.97 Å². The van der Waals surface area contributed by atoms with Gasteiger partial charge in [0.25, 0.3) is 11.5 Å². The topological polar surface area (TPSA) is 121 Å². The van der Waals surface area contributed by atoms with Crippen molar-refractivity contribution in [2.24, 2.45) is 5.92 Å². The summed E-state index contributed by atoms with van der Waals surface area (Å²) < 4.78 is 5.48. The summed E-state index contributed by atoms with van der Waals surface area (Å²) in [4.78, 5) is 50.0. The van der Waals surface area contributed by atoms with Crippen LogP contribution in [0.15, 0.2) is 33.9 Å². The lowest BCUT2D eigenvalue weighted by atomic mass is 9.95. The molecule has 1 saturated heterocycles. The van der Waals surface area contributed by atoms with Crippen molar-refractivity contribution in [3.8, 4) is 0 Å². The maximum absolute atomic E-state index is 13.0. The maximum Gasteiger partial charge on any atom is 0.262 e. The summed E-state index contributed by atoms with van der Waals surface area (Å²) in [5.41, 5.74) is 0.997. The van der Waals surface area contributed by atoms with E-state index >= 15 is 0 Å². The monoisotopic (exact) mass is 395 g/mol. The number of H-pyrrole nitrogens is 1. The number of rotatable bonds is 3. The van der Waals surface area contributed by atoms with Crippen molar-refractivity contribution in [2.45, 2.75) is 26.7 Å². The van der Waals surface area contributed by atoms with E-state index in [1.807, 2.05) is 13.0 Å². The first kappa shape index (κ1) is 18.9. The summed E-state index contributed by atoms with van der Waals surface area (Å²) in [5.74, 6) is 0.304. The summed E-state index contributed by atoms with van der Waals surface area (Å²) >= 11 is 0. The Hall–Kier alpha value is -3.49. The fourth-order valence-electron chi connectivity index (χ4n) is 3.58. The molecule has 3 aromatic rings. The number of amides is 2. The van der Waals surface area contributed by atoms with Gasteiger partial charge in [-0.1, -0.05) is 6.07 Å². The molecule has 29 heavy (non-hydrogen) atoms. The molecule has 4 heterocycles. The highest BCUT2D eigenvalue weighted by Gasteiger charge is 2.31. The van der Waals surface area contributed by atoms with Crippen LogP contribution in [-0.2, 0) is 4.79 Å². The third-order valence-corrected chi connectivity index (χ3v) is 5.20. The molecule has 4 rings (SSSR count). The molecule has 0 spiro atoms. The largest absolute Gasteiger partial charge is 0.442 e. The second kappa shape index (κ2) is 7.50. The molecular formula is C20H21N5O4. The number of aryl methyl sites for hydroxylation is 2. The highest BCUT2D eigenvalue weighted by molar-refractivity contribution is 6.06. The minimum Gasteiger partial charge on any atom is -0.442 e. The zero-order valence-electron chi connectivity index (χ0n) is 16.2. The molecule has 0 aliphatic carbocycles. The van der Waals surface area contributed by atoms with Gasteiger partial charge in [0.2, 0.25) is 11.6 Å². The molecule has 0 bridgehead atoms. The Morgan fingerprint density at radius 3 is 2.66 bits per heavy atom. The number of furan rings is 1. The van der Waals surface area contributed by atoms with Gasteiger partial charge < -0.3 is 19.6 Å². The molecule has 9 heteroatoms. The van der Waals surface area contributed by atoms with Crippen LogP contribution in [0.5, 0.6) is 0 Å². The Morgan fingerprint density at radius 2 is 1.97 bits per heavy atom. The fourth-order valence-corrected chi connectivity index (χ4v) is 3.58. The molecule has 2 N–H and O–H groups in total. The molecule has 0 unspecified atom stereocenters. The highest BCUT2D eigenvalue weighted by Crippen LogP contribution is 2.25. The van der Waals surface area contributed by atoms with Gasteiger partial charge in [-0.3, -0.25) is 14.4 Å². The molecule has 0 radical (unpaired) electrons. The van der Waals surface area contributed by atoms with E-state index in [4.69, 9.17) is 4.42 Å². The van der Waals surface area contributed by atoms with Crippen LogP contribution in [0, 0.1) is 19.8 Å². The SMILES string of the molecule is Cc1ccc(NC(=O)C2CCN(C(=O)c3c(C)oc4nc[nH]c(=O)c34)CC2)nc1. The minimum absolute atomic E-state index is 0.0981. The summed E-state index contributed by atoms with van der Waals surface area (Å²) in [5, 5.41) is 3.00. The van der Waals surface area contributed by atoms with Crippen molar-refractivity contribution >= 4 is 28.7 Å². The van der Waals surface area contributed by atoms with Gasteiger partial charge in [-0.15, -0.1) is 0 Å². The molecule has 9 nitrogen and oxygen atoms in total. The predicted octanol–water partition coefficient (Wildman–Crippen LogP) is 2.02. The van der Waals surface area contributed by atoms with Crippen molar-refractivity contribution in [1.29, 1.82) is 0 Å². The van der Waals surface area contributed by atoms with E-state index in [0.717, 1.165) is 5.56 Å². The molecular weight excluding hydrogens is 374 g/mol. The van der Waals surface area contributed by atoms with E-state index in [0.29, 0.717) is 37.5 Å². The number of piperidine rings is 1. The molecule has 3 aromatic heterocycles. The lowest BCUT2D eigenvalue weighted by molar-refractivity contribution is -0.121. The van der Waals surface area contributed by atoms with Crippen LogP contribution in [0.4, 0.5) is 5.82 Å². The van der Waals surface area contributed by atoms with E-state index in [1.54, 1.807) is 24.1 Å². The highest BCUT2D eigenvalue weighted by atomic mass is 16.3. The van der Waals surface area contributed by atoms with Gasteiger partial charge in [-0.05, 0) is 38.3 Å². The molecule has 0 atom stereocenters. The minimum atomic E-state index is -0.407. The van der Waals surface area contributed by atoms with Gasteiger partial charge >= 0.3 is 0 Å². The number of likely N-dealkylation sites (tertiary alicyclic amines) is 1. The number of carbonyl (C=O) groups is 2. The maximum atomic E-state index is 13.0. The molecule has 2 amide bonds. The average Bonchev–Trinajstić information content (AvgIpc) is 3.06. The number of hydrogen-bond donors (Lipinski definition) is 2. The fraction of sp³-hybridized carbons (Fsp3) is 0.350. The average molecular weight is 395 g/mol. The Bertz CT molecular complexity index is 1120. The van der Waals surface area contributed by atoms with Crippen LogP contribution in [-0.4, -0.2) is 44.8 Å². The number of fused-ring (bicyclic) bond motifs is 1.